The van der Waals surface area contributed by atoms with Gasteiger partial charge in [0.1, 0.15) is 0 Å². The van der Waals surface area contributed by atoms with Crippen molar-refractivity contribution in [3.8, 4) is 0 Å². The van der Waals surface area contributed by atoms with Gasteiger partial charge in [-0.3, -0.25) is 5.41 Å². The van der Waals surface area contributed by atoms with E-state index < -0.39 is 0 Å². The number of hydrogen-bond donors (Lipinski definition) is 4. The van der Waals surface area contributed by atoms with Gasteiger partial charge in [-0.2, -0.15) is 0 Å². The molecule has 0 saturated carbocycles. The van der Waals surface area contributed by atoms with E-state index in [9.17, 15) is 0 Å². The van der Waals surface area contributed by atoms with E-state index in [0.29, 0.717) is 0 Å². The van der Waals surface area contributed by atoms with E-state index in [0.717, 1.165) is 7.11 Å². The van der Waals surface area contributed by atoms with Crippen LogP contribution in [0.2, 0.25) is 0 Å². The van der Waals surface area contributed by atoms with Crippen molar-refractivity contribution in [3.63, 3.8) is 0 Å². The third-order valence-corrected chi connectivity index (χ3v) is 0. The molecule has 0 radical (unpaired) electrons. The van der Waals surface area contributed by atoms with Crippen LogP contribution in [0.25, 0.3) is 0 Å². The molecule has 10 heavy (non-hydrogen) atoms. The van der Waals surface area contributed by atoms with Gasteiger partial charge in [-0.05, 0) is 0 Å². The van der Waals surface area contributed by atoms with Crippen molar-refractivity contribution in [1.29, 1.82) is 5.41 Å². The molecule has 54 valence electrons. The number of hydrogen-bond acceptors (Lipinski definition) is 2. The third kappa shape index (κ3) is 571. The van der Waals surface area contributed by atoms with Crippen LogP contribution in [-0.2, 0) is 0 Å². The van der Waals surface area contributed by atoms with E-state index in [1.54, 1.807) is 0 Å². The molecule has 4 nitrogen and oxygen atoms in total. The second-order valence-electron chi connectivity index (χ2n) is 0.455. The zero-order valence-electron chi connectivity index (χ0n) is 6.36. The molecule has 0 bridgehead atoms. The fourth-order valence-electron chi connectivity index (χ4n) is 0. The van der Waals surface area contributed by atoms with Crippen molar-refractivity contribution in [1.82, 2.24) is 0 Å². The minimum absolute atomic E-state index is 0. The summed E-state index contributed by atoms with van der Waals surface area (Å²) in [5.41, 5.74) is 8.94. The summed E-state index contributed by atoms with van der Waals surface area (Å²) < 4.78 is 0. The van der Waals surface area contributed by atoms with Gasteiger partial charge in [0.15, 0.2) is 5.96 Å². The summed E-state index contributed by atoms with van der Waals surface area (Å²) in [4.78, 5) is 0. The molecular weight excluding hydrogens is 167 g/mol. The SMILES string of the molecule is CO.N=C(N)N.[Cl-].[Cl-].[Li+].[Li+]. The number of rotatable bonds is 0. The van der Waals surface area contributed by atoms with E-state index in [4.69, 9.17) is 10.5 Å². The molecule has 0 aromatic carbocycles. The minimum Gasteiger partial charge on any atom is -1.00 e. The number of aliphatic hydroxyl groups excluding tert-OH is 1. The van der Waals surface area contributed by atoms with Crippen molar-refractivity contribution >= 4 is 5.96 Å². The summed E-state index contributed by atoms with van der Waals surface area (Å²) >= 11 is 0. The Bertz CT molecular complexity index is 45.5. The van der Waals surface area contributed by atoms with Gasteiger partial charge >= 0.3 is 37.7 Å². The molecule has 0 aliphatic heterocycles. The van der Waals surface area contributed by atoms with E-state index in [1.807, 2.05) is 0 Å². The van der Waals surface area contributed by atoms with E-state index in [2.05, 4.69) is 11.5 Å². The van der Waals surface area contributed by atoms with Gasteiger partial charge in [-0.15, -0.1) is 0 Å². The molecule has 0 aromatic heterocycles. The zero-order valence-corrected chi connectivity index (χ0v) is 7.87. The Morgan fingerprint density at radius 3 is 1.10 bits per heavy atom. The Hall–Kier alpha value is 1.00. The summed E-state index contributed by atoms with van der Waals surface area (Å²) in [6, 6.07) is 0. The Morgan fingerprint density at radius 2 is 1.10 bits per heavy atom. The maximum absolute atomic E-state index is 7.00. The number of nitrogens with one attached hydrogen (secondary N) is 1. The van der Waals surface area contributed by atoms with E-state index >= 15 is 0 Å². The molecular formula is C2H9Cl2Li2N3O. The molecule has 0 aromatic rings. The molecule has 0 aliphatic rings. The van der Waals surface area contributed by atoms with Crippen LogP contribution in [0.3, 0.4) is 0 Å². The first-order chi connectivity index (χ1) is 2.73. The summed E-state index contributed by atoms with van der Waals surface area (Å²) in [6.07, 6.45) is 0. The predicted molar refractivity (Wildman–Crippen MR) is 24.2 cm³/mol. The average Bonchev–Trinajstić information content (AvgIpc) is 1.41. The van der Waals surface area contributed by atoms with Crippen LogP contribution in [-0.4, -0.2) is 18.2 Å². The van der Waals surface area contributed by atoms with Crippen LogP contribution >= 0.6 is 0 Å². The Kier molecular flexibility index (Phi) is 222. The Labute approximate surface area is 97.2 Å². The summed E-state index contributed by atoms with van der Waals surface area (Å²) in [5, 5.41) is 13.1. The molecule has 6 N–H and O–H groups in total. The van der Waals surface area contributed by atoms with Crippen LogP contribution < -0.4 is 74.0 Å². The monoisotopic (exact) mass is 175 g/mol. The molecule has 0 rings (SSSR count). The quantitative estimate of drug-likeness (QED) is 0.167. The normalized spacial score (nSPS) is 3.00. The van der Waals surface area contributed by atoms with Gasteiger partial charge in [0, 0.05) is 7.11 Å². The Balaban J connectivity index is -0.00000000625. The average molecular weight is 176 g/mol. The van der Waals surface area contributed by atoms with E-state index in [-0.39, 0.29) is 68.5 Å². The molecule has 0 aliphatic carbocycles. The van der Waals surface area contributed by atoms with Crippen LogP contribution in [0.15, 0.2) is 0 Å². The van der Waals surface area contributed by atoms with Crippen molar-refractivity contribution in [2.75, 3.05) is 7.11 Å². The number of aliphatic hydroxyl groups is 1. The van der Waals surface area contributed by atoms with Gasteiger partial charge in [-0.25, -0.2) is 0 Å². The van der Waals surface area contributed by atoms with Crippen molar-refractivity contribution in [2.45, 2.75) is 0 Å². The molecule has 0 spiro atoms. The predicted octanol–water partition coefficient (Wildman–Crippen LogP) is -13.5. The van der Waals surface area contributed by atoms with Gasteiger partial charge in [0.2, 0.25) is 0 Å². The fourth-order valence-corrected chi connectivity index (χ4v) is 0. The molecule has 0 saturated heterocycles. The number of nitrogens with two attached hydrogens (primary N) is 2. The standard InChI is InChI=1S/CH5N3.CH4O.2ClH.2Li/c2-1(3)4;1-2;;;;/h(H5,2,3,4);2H,1H3;2*1H;;/q;;;;2*+1/p-2. The van der Waals surface area contributed by atoms with E-state index in [1.165, 1.54) is 0 Å². The summed E-state index contributed by atoms with van der Waals surface area (Å²) in [7, 11) is 1.00. The first-order valence-electron chi connectivity index (χ1n) is 1.27. The van der Waals surface area contributed by atoms with Crippen molar-refractivity contribution in [3.05, 3.63) is 0 Å². The van der Waals surface area contributed by atoms with Crippen molar-refractivity contribution < 1.29 is 67.6 Å². The minimum atomic E-state index is -0.333. The first kappa shape index (κ1) is 44.0. The smallest absolute Gasteiger partial charge is 1.00 e. The molecule has 8 heteroatoms. The van der Waals surface area contributed by atoms with Crippen LogP contribution in [0.5, 0.6) is 0 Å². The van der Waals surface area contributed by atoms with Gasteiger partial charge in [0.05, 0.1) is 0 Å². The topological polar surface area (TPSA) is 96.1 Å². The number of guanidine groups is 1. The maximum atomic E-state index is 7.00. The third-order valence-electron chi connectivity index (χ3n) is 0. The maximum Gasteiger partial charge on any atom is 1.00 e. The van der Waals surface area contributed by atoms with Crippen LogP contribution in [0, 0.1) is 5.41 Å². The van der Waals surface area contributed by atoms with Gasteiger partial charge in [-0.1, -0.05) is 0 Å². The summed E-state index contributed by atoms with van der Waals surface area (Å²) in [6.45, 7) is 0. The fraction of sp³-hybridized carbons (Fsp3) is 0.500. The molecule has 0 fully saturated rings. The molecule has 0 unspecified atom stereocenters. The zero-order chi connectivity index (χ0) is 5.58. The summed E-state index contributed by atoms with van der Waals surface area (Å²) in [5.74, 6) is -0.333. The molecule has 0 amide bonds. The Morgan fingerprint density at radius 1 is 1.10 bits per heavy atom. The largest absolute Gasteiger partial charge is 1.00 e. The van der Waals surface area contributed by atoms with Gasteiger partial charge < -0.3 is 41.4 Å². The van der Waals surface area contributed by atoms with Crippen LogP contribution in [0.4, 0.5) is 0 Å². The van der Waals surface area contributed by atoms with Gasteiger partial charge in [0.25, 0.3) is 0 Å². The second kappa shape index (κ2) is 50.6. The molecule has 0 heterocycles. The molecule has 0 atom stereocenters. The number of halogens is 2. The van der Waals surface area contributed by atoms with Crippen LogP contribution in [0.1, 0.15) is 0 Å². The second-order valence-corrected chi connectivity index (χ2v) is 0.455. The first-order valence-corrected chi connectivity index (χ1v) is 1.27. The van der Waals surface area contributed by atoms with Crippen molar-refractivity contribution in [2.24, 2.45) is 11.5 Å².